The molecule has 1 atom stereocenters. The van der Waals surface area contributed by atoms with E-state index in [4.69, 9.17) is 5.11 Å². The SMILES string of the molecule is CCC(CCO)CNC(=O)c1ccc(C(F)(F)F)cc1. The second kappa shape index (κ2) is 7.28. The molecular weight excluding hydrogens is 271 g/mol. The van der Waals surface area contributed by atoms with E-state index in [0.29, 0.717) is 13.0 Å². The molecule has 1 aromatic carbocycles. The van der Waals surface area contributed by atoms with Crippen molar-refractivity contribution in [2.75, 3.05) is 13.2 Å². The van der Waals surface area contributed by atoms with E-state index in [0.717, 1.165) is 30.7 Å². The Morgan fingerprint density at radius 1 is 1.30 bits per heavy atom. The van der Waals surface area contributed by atoms with Crippen LogP contribution in [0.1, 0.15) is 35.7 Å². The number of hydrogen-bond donors (Lipinski definition) is 2. The van der Waals surface area contributed by atoms with Gasteiger partial charge in [-0.15, -0.1) is 0 Å². The number of aliphatic hydroxyl groups excluding tert-OH is 1. The van der Waals surface area contributed by atoms with Crippen molar-refractivity contribution in [3.05, 3.63) is 35.4 Å². The van der Waals surface area contributed by atoms with Crippen LogP contribution in [-0.2, 0) is 6.18 Å². The molecule has 0 fully saturated rings. The van der Waals surface area contributed by atoms with Gasteiger partial charge < -0.3 is 10.4 Å². The Morgan fingerprint density at radius 3 is 2.35 bits per heavy atom. The lowest BCUT2D eigenvalue weighted by Crippen LogP contribution is -2.29. The number of rotatable bonds is 6. The van der Waals surface area contributed by atoms with Gasteiger partial charge in [0.25, 0.3) is 5.91 Å². The summed E-state index contributed by atoms with van der Waals surface area (Å²) in [7, 11) is 0. The number of nitrogens with one attached hydrogen (secondary N) is 1. The summed E-state index contributed by atoms with van der Waals surface area (Å²) in [6.07, 6.45) is -3.00. The third kappa shape index (κ3) is 4.85. The van der Waals surface area contributed by atoms with E-state index in [1.165, 1.54) is 0 Å². The summed E-state index contributed by atoms with van der Waals surface area (Å²) in [5.41, 5.74) is -0.586. The summed E-state index contributed by atoms with van der Waals surface area (Å²) in [6.45, 7) is 2.40. The van der Waals surface area contributed by atoms with Gasteiger partial charge in [-0.1, -0.05) is 13.3 Å². The van der Waals surface area contributed by atoms with Gasteiger partial charge in [-0.05, 0) is 36.6 Å². The Bertz CT molecular complexity index is 429. The molecule has 0 bridgehead atoms. The highest BCUT2D eigenvalue weighted by Crippen LogP contribution is 2.29. The van der Waals surface area contributed by atoms with Crippen molar-refractivity contribution < 1.29 is 23.1 Å². The fourth-order valence-corrected chi connectivity index (χ4v) is 1.78. The molecular formula is C14H18F3NO2. The summed E-state index contributed by atoms with van der Waals surface area (Å²) in [6, 6.07) is 4.09. The molecule has 0 heterocycles. The molecule has 0 radical (unpaired) electrons. The first-order valence-electron chi connectivity index (χ1n) is 6.44. The molecule has 3 nitrogen and oxygen atoms in total. The highest BCUT2D eigenvalue weighted by Gasteiger charge is 2.30. The summed E-state index contributed by atoms with van der Waals surface area (Å²) in [5.74, 6) is -0.242. The van der Waals surface area contributed by atoms with E-state index in [9.17, 15) is 18.0 Å². The molecule has 0 spiro atoms. The molecule has 1 amide bonds. The van der Waals surface area contributed by atoms with Crippen molar-refractivity contribution in [3.63, 3.8) is 0 Å². The van der Waals surface area contributed by atoms with Crippen molar-refractivity contribution in [2.24, 2.45) is 5.92 Å². The van der Waals surface area contributed by atoms with Crippen LogP contribution < -0.4 is 5.32 Å². The van der Waals surface area contributed by atoms with Crippen LogP contribution in [0.5, 0.6) is 0 Å². The lowest BCUT2D eigenvalue weighted by atomic mass is 10.0. The predicted molar refractivity (Wildman–Crippen MR) is 69.3 cm³/mol. The molecule has 2 N–H and O–H groups in total. The van der Waals surface area contributed by atoms with Gasteiger partial charge in [0.2, 0.25) is 0 Å². The summed E-state index contributed by atoms with van der Waals surface area (Å²) >= 11 is 0. The van der Waals surface area contributed by atoms with Gasteiger partial charge in [-0.25, -0.2) is 0 Å². The Labute approximate surface area is 115 Å². The van der Waals surface area contributed by atoms with Gasteiger partial charge in [0.15, 0.2) is 0 Å². The second-order valence-electron chi connectivity index (χ2n) is 4.57. The zero-order chi connectivity index (χ0) is 15.2. The Morgan fingerprint density at radius 2 is 1.90 bits per heavy atom. The lowest BCUT2D eigenvalue weighted by Gasteiger charge is -2.14. The number of benzene rings is 1. The first-order valence-corrected chi connectivity index (χ1v) is 6.44. The van der Waals surface area contributed by atoms with Crippen molar-refractivity contribution in [1.29, 1.82) is 0 Å². The minimum absolute atomic E-state index is 0.0503. The third-order valence-corrected chi connectivity index (χ3v) is 3.14. The van der Waals surface area contributed by atoms with Crippen molar-refractivity contribution >= 4 is 5.91 Å². The molecule has 6 heteroatoms. The van der Waals surface area contributed by atoms with Gasteiger partial charge in [0, 0.05) is 18.7 Å². The van der Waals surface area contributed by atoms with Crippen LogP contribution >= 0.6 is 0 Å². The number of hydrogen-bond acceptors (Lipinski definition) is 2. The number of halogens is 3. The molecule has 0 aliphatic rings. The molecule has 0 saturated heterocycles. The molecule has 20 heavy (non-hydrogen) atoms. The molecule has 112 valence electrons. The summed E-state index contributed by atoms with van der Waals surface area (Å²) in [4.78, 5) is 11.8. The largest absolute Gasteiger partial charge is 0.416 e. The molecule has 1 rings (SSSR count). The number of amides is 1. The van der Waals surface area contributed by atoms with Crippen LogP contribution in [0.3, 0.4) is 0 Å². The van der Waals surface area contributed by atoms with E-state index >= 15 is 0 Å². The second-order valence-corrected chi connectivity index (χ2v) is 4.57. The van der Waals surface area contributed by atoms with Crippen molar-refractivity contribution in [3.8, 4) is 0 Å². The smallest absolute Gasteiger partial charge is 0.396 e. The normalized spacial score (nSPS) is 13.1. The molecule has 1 unspecified atom stereocenters. The quantitative estimate of drug-likeness (QED) is 0.846. The minimum atomic E-state index is -4.40. The van der Waals surface area contributed by atoms with Crippen molar-refractivity contribution in [1.82, 2.24) is 5.32 Å². The van der Waals surface area contributed by atoms with Crippen LogP contribution in [0.2, 0.25) is 0 Å². The Kier molecular flexibility index (Phi) is 6.01. The molecule has 1 aromatic rings. The Hall–Kier alpha value is -1.56. The first-order chi connectivity index (χ1) is 9.38. The van der Waals surface area contributed by atoms with Gasteiger partial charge in [-0.3, -0.25) is 4.79 Å². The monoisotopic (exact) mass is 289 g/mol. The van der Waals surface area contributed by atoms with E-state index in [1.54, 1.807) is 0 Å². The number of aliphatic hydroxyl groups is 1. The average Bonchev–Trinajstić information content (AvgIpc) is 2.42. The average molecular weight is 289 g/mol. The maximum absolute atomic E-state index is 12.4. The molecule has 0 saturated carbocycles. The maximum Gasteiger partial charge on any atom is 0.416 e. The summed E-state index contributed by atoms with van der Waals surface area (Å²) in [5, 5.41) is 11.5. The summed E-state index contributed by atoms with van der Waals surface area (Å²) < 4.78 is 37.1. The van der Waals surface area contributed by atoms with E-state index in [-0.39, 0.29) is 18.1 Å². The zero-order valence-corrected chi connectivity index (χ0v) is 11.2. The maximum atomic E-state index is 12.4. The van der Waals surface area contributed by atoms with Crippen LogP contribution in [0.25, 0.3) is 0 Å². The van der Waals surface area contributed by atoms with Crippen LogP contribution in [-0.4, -0.2) is 24.2 Å². The number of alkyl halides is 3. The standard InChI is InChI=1S/C14H18F3NO2/c1-2-10(7-8-19)9-18-13(20)11-3-5-12(6-4-11)14(15,16)17/h3-6,10,19H,2,7-9H2,1H3,(H,18,20). The fraction of sp³-hybridized carbons (Fsp3) is 0.500. The highest BCUT2D eigenvalue weighted by atomic mass is 19.4. The van der Waals surface area contributed by atoms with E-state index < -0.39 is 17.6 Å². The molecule has 0 aliphatic carbocycles. The number of carbonyl (C=O) groups excluding carboxylic acids is 1. The lowest BCUT2D eigenvalue weighted by molar-refractivity contribution is -0.137. The van der Waals surface area contributed by atoms with Crippen LogP contribution in [0.4, 0.5) is 13.2 Å². The Balaban J connectivity index is 2.60. The van der Waals surface area contributed by atoms with E-state index in [2.05, 4.69) is 5.32 Å². The van der Waals surface area contributed by atoms with Crippen LogP contribution in [0.15, 0.2) is 24.3 Å². The van der Waals surface area contributed by atoms with Gasteiger partial charge in [-0.2, -0.15) is 13.2 Å². The van der Waals surface area contributed by atoms with Gasteiger partial charge in [0.05, 0.1) is 5.56 Å². The van der Waals surface area contributed by atoms with Gasteiger partial charge >= 0.3 is 6.18 Å². The number of carbonyl (C=O) groups is 1. The van der Waals surface area contributed by atoms with Crippen LogP contribution in [0, 0.1) is 5.92 Å². The first kappa shape index (κ1) is 16.5. The van der Waals surface area contributed by atoms with Crippen molar-refractivity contribution in [2.45, 2.75) is 25.9 Å². The predicted octanol–water partition coefficient (Wildman–Crippen LogP) is 2.84. The fourth-order valence-electron chi connectivity index (χ4n) is 1.78. The third-order valence-electron chi connectivity index (χ3n) is 3.14. The molecule has 0 aliphatic heterocycles. The molecule has 0 aromatic heterocycles. The van der Waals surface area contributed by atoms with E-state index in [1.807, 2.05) is 6.92 Å². The highest BCUT2D eigenvalue weighted by molar-refractivity contribution is 5.94. The topological polar surface area (TPSA) is 49.3 Å². The zero-order valence-electron chi connectivity index (χ0n) is 11.2. The minimum Gasteiger partial charge on any atom is -0.396 e. The van der Waals surface area contributed by atoms with Gasteiger partial charge in [0.1, 0.15) is 0 Å².